The Bertz CT molecular complexity index is 1190. The number of anilines is 1. The molecule has 29 heavy (non-hydrogen) atoms. The number of halogens is 1. The van der Waals surface area contributed by atoms with Crippen LogP contribution >= 0.6 is 11.6 Å². The molecule has 0 aliphatic heterocycles. The standard InChI is InChI=1S/C21H15ClN4O3/c22-15-3-6-19(17(9-15)21(28)13-2-1-7-23-10-13)29-12-20(27)25-16-4-5-18-14(8-16)11-24-26-18/h1-11H,12H2,(H,24,26)(H,25,27). The van der Waals surface area contributed by atoms with Crippen LogP contribution in [-0.2, 0) is 4.79 Å². The summed E-state index contributed by atoms with van der Waals surface area (Å²) in [5, 5.41) is 10.8. The van der Waals surface area contributed by atoms with Crippen LogP contribution in [0, 0.1) is 0 Å². The van der Waals surface area contributed by atoms with Gasteiger partial charge in [0, 0.05) is 34.1 Å². The Morgan fingerprint density at radius 2 is 2.00 bits per heavy atom. The summed E-state index contributed by atoms with van der Waals surface area (Å²) in [6, 6.07) is 13.4. The smallest absolute Gasteiger partial charge is 0.262 e. The molecule has 0 fully saturated rings. The number of carbonyl (C=O) groups is 2. The van der Waals surface area contributed by atoms with Crippen molar-refractivity contribution in [3.05, 3.63) is 83.3 Å². The molecule has 2 heterocycles. The molecule has 4 rings (SSSR count). The Morgan fingerprint density at radius 3 is 2.83 bits per heavy atom. The maximum Gasteiger partial charge on any atom is 0.262 e. The van der Waals surface area contributed by atoms with E-state index in [1.807, 2.05) is 6.07 Å². The molecule has 8 heteroatoms. The number of rotatable bonds is 6. The minimum absolute atomic E-state index is 0.262. The van der Waals surface area contributed by atoms with E-state index in [0.717, 1.165) is 10.9 Å². The van der Waals surface area contributed by atoms with Crippen molar-refractivity contribution < 1.29 is 14.3 Å². The van der Waals surface area contributed by atoms with Gasteiger partial charge < -0.3 is 10.1 Å². The van der Waals surface area contributed by atoms with Gasteiger partial charge >= 0.3 is 0 Å². The fraction of sp³-hybridized carbons (Fsp3) is 0.0476. The van der Waals surface area contributed by atoms with Crippen LogP contribution in [0.2, 0.25) is 5.02 Å². The average Bonchev–Trinajstić information content (AvgIpc) is 3.21. The van der Waals surface area contributed by atoms with E-state index in [1.54, 1.807) is 48.8 Å². The van der Waals surface area contributed by atoms with Gasteiger partial charge in [-0.25, -0.2) is 0 Å². The molecular formula is C21H15ClN4O3. The predicted octanol–water partition coefficient (Wildman–Crippen LogP) is 3.86. The molecule has 2 aromatic heterocycles. The van der Waals surface area contributed by atoms with E-state index in [4.69, 9.17) is 16.3 Å². The van der Waals surface area contributed by atoms with E-state index in [1.165, 1.54) is 12.3 Å². The topological polar surface area (TPSA) is 97.0 Å². The monoisotopic (exact) mass is 406 g/mol. The van der Waals surface area contributed by atoms with Crippen molar-refractivity contribution in [2.45, 2.75) is 0 Å². The van der Waals surface area contributed by atoms with Gasteiger partial charge in [0.1, 0.15) is 5.75 Å². The lowest BCUT2D eigenvalue weighted by atomic mass is 10.0. The van der Waals surface area contributed by atoms with Crippen molar-refractivity contribution in [2.24, 2.45) is 0 Å². The first-order chi connectivity index (χ1) is 14.1. The first kappa shape index (κ1) is 18.6. The van der Waals surface area contributed by atoms with E-state index in [2.05, 4.69) is 20.5 Å². The number of carbonyl (C=O) groups excluding carboxylic acids is 2. The second-order valence-corrected chi connectivity index (χ2v) is 6.66. The number of amides is 1. The van der Waals surface area contributed by atoms with Crippen molar-refractivity contribution in [3.63, 3.8) is 0 Å². The highest BCUT2D eigenvalue weighted by Gasteiger charge is 2.17. The quantitative estimate of drug-likeness (QED) is 0.474. The zero-order valence-corrected chi connectivity index (χ0v) is 15.8. The molecule has 2 N–H and O–H groups in total. The number of fused-ring (bicyclic) bond motifs is 1. The van der Waals surface area contributed by atoms with Crippen molar-refractivity contribution in [1.82, 2.24) is 15.2 Å². The second-order valence-electron chi connectivity index (χ2n) is 6.22. The van der Waals surface area contributed by atoms with E-state index in [0.29, 0.717) is 16.3 Å². The molecule has 0 unspecified atom stereocenters. The molecule has 0 spiro atoms. The van der Waals surface area contributed by atoms with Crippen LogP contribution < -0.4 is 10.1 Å². The number of aromatic amines is 1. The van der Waals surface area contributed by atoms with Gasteiger partial charge in [0.25, 0.3) is 5.91 Å². The summed E-state index contributed by atoms with van der Waals surface area (Å²) in [5.74, 6) is -0.382. The molecule has 0 radical (unpaired) electrons. The van der Waals surface area contributed by atoms with Gasteiger partial charge in [-0.1, -0.05) is 11.6 Å². The molecule has 7 nitrogen and oxygen atoms in total. The number of hydrogen-bond donors (Lipinski definition) is 2. The Morgan fingerprint density at radius 1 is 1.10 bits per heavy atom. The number of pyridine rings is 1. The zero-order valence-electron chi connectivity index (χ0n) is 15.1. The van der Waals surface area contributed by atoms with Crippen molar-refractivity contribution >= 4 is 39.9 Å². The second kappa shape index (κ2) is 8.12. The van der Waals surface area contributed by atoms with Gasteiger partial charge in [-0.05, 0) is 48.5 Å². The molecule has 4 aromatic rings. The first-order valence-electron chi connectivity index (χ1n) is 8.70. The average molecular weight is 407 g/mol. The molecule has 0 saturated heterocycles. The molecule has 2 aromatic carbocycles. The normalized spacial score (nSPS) is 10.7. The Balaban J connectivity index is 1.47. The number of ketones is 1. The molecule has 0 aliphatic carbocycles. The summed E-state index contributed by atoms with van der Waals surface area (Å²) < 4.78 is 5.61. The maximum atomic E-state index is 12.8. The number of nitrogens with zero attached hydrogens (tertiary/aromatic N) is 2. The molecule has 0 bridgehead atoms. The van der Waals surface area contributed by atoms with E-state index in [9.17, 15) is 9.59 Å². The van der Waals surface area contributed by atoms with Gasteiger partial charge in [0.15, 0.2) is 12.4 Å². The number of hydrogen-bond acceptors (Lipinski definition) is 5. The Kier molecular flexibility index (Phi) is 5.22. The highest BCUT2D eigenvalue weighted by Crippen LogP contribution is 2.25. The van der Waals surface area contributed by atoms with Gasteiger partial charge in [-0.2, -0.15) is 5.10 Å². The van der Waals surface area contributed by atoms with Gasteiger partial charge in [0.05, 0.1) is 17.3 Å². The number of aromatic nitrogens is 3. The van der Waals surface area contributed by atoms with Crippen molar-refractivity contribution in [1.29, 1.82) is 0 Å². The summed E-state index contributed by atoms with van der Waals surface area (Å²) in [6.07, 6.45) is 4.72. The molecule has 0 aliphatic rings. The summed E-state index contributed by atoms with van der Waals surface area (Å²) in [5.41, 5.74) is 2.16. The number of nitrogens with one attached hydrogen (secondary N) is 2. The first-order valence-corrected chi connectivity index (χ1v) is 9.08. The SMILES string of the molecule is O=C(COc1ccc(Cl)cc1C(=O)c1cccnc1)Nc1ccc2[nH]ncc2c1. The lowest BCUT2D eigenvalue weighted by Gasteiger charge is -2.12. The van der Waals surface area contributed by atoms with Crippen LogP contribution in [0.25, 0.3) is 10.9 Å². The van der Waals surface area contributed by atoms with Crippen LogP contribution in [-0.4, -0.2) is 33.5 Å². The number of ether oxygens (including phenoxy) is 1. The van der Waals surface area contributed by atoms with E-state index >= 15 is 0 Å². The van der Waals surface area contributed by atoms with Crippen LogP contribution in [0.1, 0.15) is 15.9 Å². The minimum atomic E-state index is -0.359. The lowest BCUT2D eigenvalue weighted by Crippen LogP contribution is -2.21. The summed E-state index contributed by atoms with van der Waals surface area (Å²) in [6.45, 7) is -0.265. The van der Waals surface area contributed by atoms with Crippen LogP contribution in [0.4, 0.5) is 5.69 Å². The molecule has 0 atom stereocenters. The summed E-state index contributed by atoms with van der Waals surface area (Å²) >= 11 is 6.05. The number of H-pyrrole nitrogens is 1. The third kappa shape index (κ3) is 4.25. The largest absolute Gasteiger partial charge is 0.483 e. The van der Waals surface area contributed by atoms with Crippen LogP contribution in [0.15, 0.2) is 67.1 Å². The van der Waals surface area contributed by atoms with Gasteiger partial charge in [-0.15, -0.1) is 0 Å². The van der Waals surface area contributed by atoms with Crippen LogP contribution in [0.5, 0.6) is 5.75 Å². The van der Waals surface area contributed by atoms with Gasteiger partial charge in [-0.3, -0.25) is 19.7 Å². The fourth-order valence-electron chi connectivity index (χ4n) is 2.82. The zero-order chi connectivity index (χ0) is 20.2. The number of benzene rings is 2. The molecule has 0 saturated carbocycles. The Hall–Kier alpha value is -3.71. The molecule has 144 valence electrons. The summed E-state index contributed by atoms with van der Waals surface area (Å²) in [4.78, 5) is 29.0. The van der Waals surface area contributed by atoms with Gasteiger partial charge in [0.2, 0.25) is 0 Å². The fourth-order valence-corrected chi connectivity index (χ4v) is 2.99. The van der Waals surface area contributed by atoms with Crippen molar-refractivity contribution in [3.8, 4) is 5.75 Å². The van der Waals surface area contributed by atoms with E-state index in [-0.39, 0.29) is 29.6 Å². The lowest BCUT2D eigenvalue weighted by molar-refractivity contribution is -0.118. The summed E-state index contributed by atoms with van der Waals surface area (Å²) in [7, 11) is 0. The maximum absolute atomic E-state index is 12.8. The molecular weight excluding hydrogens is 392 g/mol. The predicted molar refractivity (Wildman–Crippen MR) is 109 cm³/mol. The van der Waals surface area contributed by atoms with Crippen LogP contribution in [0.3, 0.4) is 0 Å². The molecule has 1 amide bonds. The third-order valence-corrected chi connectivity index (χ3v) is 4.43. The minimum Gasteiger partial charge on any atom is -0.483 e. The van der Waals surface area contributed by atoms with Crippen molar-refractivity contribution in [2.75, 3.05) is 11.9 Å². The van der Waals surface area contributed by atoms with E-state index < -0.39 is 0 Å². The third-order valence-electron chi connectivity index (χ3n) is 4.19. The highest BCUT2D eigenvalue weighted by atomic mass is 35.5. The Labute approximate surface area is 170 Å². The highest BCUT2D eigenvalue weighted by molar-refractivity contribution is 6.31.